The minimum atomic E-state index is -6.17. The lowest BCUT2D eigenvalue weighted by atomic mass is 10.3. The number of hydrogen-bond acceptors (Lipinski definition) is 1. The van der Waals surface area contributed by atoms with Crippen LogP contribution in [0.15, 0.2) is 0 Å². The molecule has 0 rings (SSSR count). The molecule has 0 aliphatic carbocycles. The zero-order valence-corrected chi connectivity index (χ0v) is 4.22. The van der Waals surface area contributed by atoms with E-state index < -0.39 is 18.4 Å². The molecule has 0 aromatic heterocycles. The second-order valence-electron chi connectivity index (χ2n) is 1.38. The highest BCUT2D eigenvalue weighted by Gasteiger charge is 2.62. The topological polar surface area (TPSA) is 20.2 Å². The molecule has 0 spiro atoms. The Balaban J connectivity index is 4.75. The normalized spacial score (nSPS) is 21.7. The number of halogens is 6. The summed E-state index contributed by atoms with van der Waals surface area (Å²) in [5, 5.41) is 7.46. The van der Waals surface area contributed by atoms with Gasteiger partial charge in [0, 0.05) is 0 Å². The van der Waals surface area contributed by atoms with Crippen LogP contribution < -0.4 is 0 Å². The first-order valence-corrected chi connectivity index (χ1v) is 1.86. The largest absolute Gasteiger partial charge is 0.454 e. The lowest BCUT2D eigenvalue weighted by Gasteiger charge is -2.20. The van der Waals surface area contributed by atoms with Gasteiger partial charge in [0.25, 0.3) is 0 Å². The Kier molecular flexibility index (Phi) is 1.76. The Hall–Kier alpha value is -0.460. The predicted molar refractivity (Wildman–Crippen MR) is 18.1 cm³/mol. The number of aliphatic hydroxyl groups is 1. The van der Waals surface area contributed by atoms with Gasteiger partial charge in [0.05, 0.1) is 0 Å². The van der Waals surface area contributed by atoms with Gasteiger partial charge in [-0.25, -0.2) is 8.78 Å². The van der Waals surface area contributed by atoms with Crippen LogP contribution in [0.25, 0.3) is 0 Å². The molecule has 0 fully saturated rings. The first-order valence-electron chi connectivity index (χ1n) is 2.36. The minimum Gasteiger partial charge on any atom is -0.350 e. The van der Waals surface area contributed by atoms with Crippen molar-refractivity contribution in [3.8, 4) is 0 Å². The molecule has 0 bridgehead atoms. The fourth-order valence-electron chi connectivity index (χ4n) is 0.107. The molecule has 0 saturated carbocycles. The predicted octanol–water partition coefficient (Wildman–Crippen LogP) is 1.47. The van der Waals surface area contributed by atoms with Crippen molar-refractivity contribution in [1.82, 2.24) is 0 Å². The lowest BCUT2D eigenvalue weighted by Crippen LogP contribution is -2.47. The standard InChI is InChI=1S/C3H2F6O/c4-1(5)2(6,10)3(7,8)9/h1,10H/i1D. The zero-order chi connectivity index (χ0) is 9.50. The summed E-state index contributed by atoms with van der Waals surface area (Å²) in [6.45, 7) is 0. The van der Waals surface area contributed by atoms with Crippen molar-refractivity contribution in [2.75, 3.05) is 0 Å². The second kappa shape index (κ2) is 2.30. The van der Waals surface area contributed by atoms with E-state index in [9.17, 15) is 26.3 Å². The highest BCUT2D eigenvalue weighted by Crippen LogP contribution is 2.36. The van der Waals surface area contributed by atoms with Crippen molar-refractivity contribution in [3.63, 3.8) is 0 Å². The first-order chi connectivity index (χ1) is 4.50. The van der Waals surface area contributed by atoms with Gasteiger partial charge < -0.3 is 5.11 Å². The van der Waals surface area contributed by atoms with Crippen LogP contribution in [0, 0.1) is 0 Å². The molecule has 0 saturated heterocycles. The van der Waals surface area contributed by atoms with Crippen molar-refractivity contribution in [3.05, 3.63) is 0 Å². The molecule has 1 N–H and O–H groups in total. The van der Waals surface area contributed by atoms with E-state index in [4.69, 9.17) is 6.48 Å². The van der Waals surface area contributed by atoms with Crippen LogP contribution in [0.5, 0.6) is 0 Å². The van der Waals surface area contributed by atoms with Crippen LogP contribution in [0.4, 0.5) is 26.3 Å². The number of hydrogen-bond donors (Lipinski definition) is 1. The third-order valence-corrected chi connectivity index (χ3v) is 0.626. The summed E-state index contributed by atoms with van der Waals surface area (Å²) in [5.41, 5.74) is 0. The monoisotopic (exact) mass is 169 g/mol. The average molecular weight is 169 g/mol. The molecule has 0 aliphatic rings. The molecule has 10 heavy (non-hydrogen) atoms. The van der Waals surface area contributed by atoms with Crippen LogP contribution in [-0.4, -0.2) is 23.5 Å². The highest BCUT2D eigenvalue weighted by molar-refractivity contribution is 4.76. The molecule has 1 unspecified atom stereocenters. The molecule has 1 atom stereocenters. The van der Waals surface area contributed by atoms with E-state index in [0.717, 1.165) is 0 Å². The van der Waals surface area contributed by atoms with Gasteiger partial charge in [0.15, 0.2) is 0 Å². The van der Waals surface area contributed by atoms with Crippen molar-refractivity contribution < 1.29 is 32.8 Å². The average Bonchev–Trinajstić information content (AvgIpc) is 1.58. The van der Waals surface area contributed by atoms with E-state index >= 15 is 0 Å². The zero-order valence-electron chi connectivity index (χ0n) is 5.22. The SMILES string of the molecule is [2H]C(F)(F)C(O)(F)C(F)(F)F. The number of alkyl halides is 6. The van der Waals surface area contributed by atoms with E-state index in [1.807, 2.05) is 0 Å². The first kappa shape index (κ1) is 7.64. The molecule has 0 aromatic carbocycles. The fraction of sp³-hybridized carbons (Fsp3) is 1.00. The molecule has 0 aromatic rings. The summed E-state index contributed by atoms with van der Waals surface area (Å²) in [6, 6.07) is 0. The van der Waals surface area contributed by atoms with E-state index in [0.29, 0.717) is 0 Å². The van der Waals surface area contributed by atoms with Gasteiger partial charge in [0.1, 0.15) is 1.37 Å². The van der Waals surface area contributed by atoms with Gasteiger partial charge in [-0.2, -0.15) is 17.6 Å². The third kappa shape index (κ3) is 1.53. The van der Waals surface area contributed by atoms with E-state index in [1.54, 1.807) is 0 Å². The summed E-state index contributed by atoms with van der Waals surface area (Å²) in [6.07, 6.45) is -11.8. The second-order valence-corrected chi connectivity index (χ2v) is 1.38. The van der Waals surface area contributed by atoms with Crippen molar-refractivity contribution in [2.24, 2.45) is 0 Å². The van der Waals surface area contributed by atoms with E-state index in [-0.39, 0.29) is 0 Å². The van der Waals surface area contributed by atoms with Crippen LogP contribution >= 0.6 is 0 Å². The molecular weight excluding hydrogens is 166 g/mol. The molecule has 1 nitrogen and oxygen atoms in total. The van der Waals surface area contributed by atoms with Gasteiger partial charge >= 0.3 is 18.4 Å². The quantitative estimate of drug-likeness (QED) is 0.589. The van der Waals surface area contributed by atoms with Crippen LogP contribution in [0.3, 0.4) is 0 Å². The smallest absolute Gasteiger partial charge is 0.350 e. The van der Waals surface area contributed by atoms with Crippen molar-refractivity contribution in [2.45, 2.75) is 18.4 Å². The molecule has 0 aliphatic heterocycles. The van der Waals surface area contributed by atoms with Gasteiger partial charge in [0.2, 0.25) is 0 Å². The summed E-state index contributed by atoms with van der Waals surface area (Å²) in [7, 11) is 0. The van der Waals surface area contributed by atoms with E-state index in [1.165, 1.54) is 0 Å². The summed E-state index contributed by atoms with van der Waals surface area (Å²) in [4.78, 5) is 0. The van der Waals surface area contributed by atoms with Gasteiger partial charge in [-0.1, -0.05) is 0 Å². The summed E-state index contributed by atoms with van der Waals surface area (Å²) >= 11 is 0. The van der Waals surface area contributed by atoms with Crippen LogP contribution in [-0.2, 0) is 0 Å². The van der Waals surface area contributed by atoms with Gasteiger partial charge in [-0.15, -0.1) is 0 Å². The Morgan fingerprint density at radius 2 is 1.50 bits per heavy atom. The van der Waals surface area contributed by atoms with Gasteiger partial charge in [-0.05, 0) is 0 Å². The Labute approximate surface area is 52.7 Å². The van der Waals surface area contributed by atoms with Crippen LogP contribution in [0.2, 0.25) is 0 Å². The molecule has 0 heterocycles. The maximum atomic E-state index is 11.6. The summed E-state index contributed by atoms with van der Waals surface area (Å²) in [5.74, 6) is -5.79. The molecule has 62 valence electrons. The number of rotatable bonds is 1. The van der Waals surface area contributed by atoms with E-state index in [2.05, 4.69) is 0 Å². The fourth-order valence-corrected chi connectivity index (χ4v) is 0.107. The van der Waals surface area contributed by atoms with Crippen molar-refractivity contribution >= 4 is 0 Å². The molecular formula is C3H2F6O. The van der Waals surface area contributed by atoms with Gasteiger partial charge in [-0.3, -0.25) is 0 Å². The minimum absolute atomic E-state index is 5.31. The Bertz CT molecular complexity index is 129. The third-order valence-electron chi connectivity index (χ3n) is 0.626. The molecule has 0 amide bonds. The Morgan fingerprint density at radius 3 is 1.50 bits per heavy atom. The maximum Gasteiger partial charge on any atom is 0.454 e. The Morgan fingerprint density at radius 1 is 1.20 bits per heavy atom. The summed E-state index contributed by atoms with van der Waals surface area (Å²) < 4.78 is 72.9. The lowest BCUT2D eigenvalue weighted by molar-refractivity contribution is -0.352. The van der Waals surface area contributed by atoms with Crippen LogP contribution in [0.1, 0.15) is 1.37 Å². The molecule has 7 heteroatoms. The highest BCUT2D eigenvalue weighted by atomic mass is 19.4. The maximum absolute atomic E-state index is 11.6. The van der Waals surface area contributed by atoms with Crippen molar-refractivity contribution in [1.29, 1.82) is 0 Å². The molecule has 0 radical (unpaired) electrons.